The van der Waals surface area contributed by atoms with Crippen molar-refractivity contribution in [3.63, 3.8) is 0 Å². The highest BCUT2D eigenvalue weighted by atomic mass is 32.1. The fraction of sp³-hybridized carbons (Fsp3) is 0.250. The van der Waals surface area contributed by atoms with Gasteiger partial charge in [-0.2, -0.15) is 16.4 Å². The van der Waals surface area contributed by atoms with Crippen LogP contribution in [-0.2, 0) is 6.54 Å². The second-order valence-electron chi connectivity index (χ2n) is 9.71. The first-order chi connectivity index (χ1) is 18.3. The molecule has 0 atom stereocenters. The summed E-state index contributed by atoms with van der Waals surface area (Å²) in [6.07, 6.45) is 12.9. The predicted molar refractivity (Wildman–Crippen MR) is 147 cm³/mol. The van der Waals surface area contributed by atoms with Crippen LogP contribution in [0.5, 0.6) is 0 Å². The first-order valence-electron chi connectivity index (χ1n) is 12.7. The summed E-state index contributed by atoms with van der Waals surface area (Å²) >= 11 is 1.65. The summed E-state index contributed by atoms with van der Waals surface area (Å²) < 4.78 is 0. The van der Waals surface area contributed by atoms with Crippen molar-refractivity contribution < 1.29 is 0 Å². The van der Waals surface area contributed by atoms with Crippen molar-refractivity contribution >= 4 is 33.4 Å². The van der Waals surface area contributed by atoms with Gasteiger partial charge in [0.05, 0.1) is 16.6 Å². The van der Waals surface area contributed by atoms with Crippen molar-refractivity contribution in [1.82, 2.24) is 40.4 Å². The Morgan fingerprint density at radius 3 is 2.81 bits per heavy atom. The molecule has 0 saturated heterocycles. The summed E-state index contributed by atoms with van der Waals surface area (Å²) in [6, 6.07) is 8.31. The number of rotatable bonds is 7. The largest absolute Gasteiger partial charge is 0.337 e. The molecule has 0 unspecified atom stereocenters. The molecule has 9 heteroatoms. The Labute approximate surface area is 217 Å². The zero-order valence-corrected chi connectivity index (χ0v) is 21.1. The van der Waals surface area contributed by atoms with Gasteiger partial charge in [0.25, 0.3) is 0 Å². The number of thiophene rings is 1. The lowest BCUT2D eigenvalue weighted by Crippen LogP contribution is -2.20. The number of pyridine rings is 3. The van der Waals surface area contributed by atoms with Crippen LogP contribution in [0.3, 0.4) is 0 Å². The lowest BCUT2D eigenvalue weighted by molar-refractivity contribution is 0.489. The molecule has 37 heavy (non-hydrogen) atoms. The highest BCUT2D eigenvalue weighted by molar-refractivity contribution is 7.08. The summed E-state index contributed by atoms with van der Waals surface area (Å²) in [5.41, 5.74) is 8.37. The Bertz CT molecular complexity index is 1680. The molecular formula is C28H26N8S. The minimum absolute atomic E-state index is 0.651. The van der Waals surface area contributed by atoms with Crippen LogP contribution < -0.4 is 5.32 Å². The Balaban J connectivity index is 1.20. The van der Waals surface area contributed by atoms with Gasteiger partial charge in [0, 0.05) is 53.4 Å². The zero-order valence-electron chi connectivity index (χ0n) is 20.2. The third-order valence-corrected chi connectivity index (χ3v) is 7.89. The second-order valence-corrected chi connectivity index (χ2v) is 10.5. The number of nitrogens with zero attached hydrogens (tertiary/aromatic N) is 5. The van der Waals surface area contributed by atoms with E-state index in [1.807, 2.05) is 30.9 Å². The summed E-state index contributed by atoms with van der Waals surface area (Å²) in [7, 11) is 0. The number of imidazole rings is 1. The SMILES string of the molecule is c1cc2[nH]c(-c3[nH]nc4ncc(-c5cncc(CNCC6CCCC6)c5)cc34)nc2c(-c2ccsc2)n1. The predicted octanol–water partition coefficient (Wildman–Crippen LogP) is 5.97. The van der Waals surface area contributed by atoms with Gasteiger partial charge in [-0.05, 0) is 60.5 Å². The normalized spacial score (nSPS) is 14.3. The molecule has 6 aromatic heterocycles. The topological polar surface area (TPSA) is 108 Å². The first kappa shape index (κ1) is 22.3. The van der Waals surface area contributed by atoms with Gasteiger partial charge in [0.1, 0.15) is 11.2 Å². The molecule has 6 heterocycles. The summed E-state index contributed by atoms with van der Waals surface area (Å²) in [6.45, 7) is 1.90. The standard InChI is InChI=1S/C28H26N8S/c1-2-4-17(3-1)11-29-12-18-9-20(14-30-13-18)21-10-22-25(35-36-27(22)32-15-21)28-33-23-5-7-31-24(26(23)34-28)19-6-8-37-16-19/h5-10,13-17,29H,1-4,11-12H2,(H,33,34)(H,32,35,36). The van der Waals surface area contributed by atoms with E-state index in [2.05, 4.69) is 64.4 Å². The Kier molecular flexibility index (Phi) is 5.71. The molecule has 1 fully saturated rings. The third kappa shape index (κ3) is 4.30. The fourth-order valence-electron chi connectivity index (χ4n) is 5.28. The molecule has 8 nitrogen and oxygen atoms in total. The van der Waals surface area contributed by atoms with Crippen molar-refractivity contribution in [2.45, 2.75) is 32.2 Å². The van der Waals surface area contributed by atoms with Gasteiger partial charge in [0.2, 0.25) is 0 Å². The molecule has 0 aromatic carbocycles. The van der Waals surface area contributed by atoms with E-state index < -0.39 is 0 Å². The molecule has 0 amide bonds. The van der Waals surface area contributed by atoms with E-state index in [1.54, 1.807) is 11.3 Å². The van der Waals surface area contributed by atoms with Gasteiger partial charge >= 0.3 is 0 Å². The summed E-state index contributed by atoms with van der Waals surface area (Å²) in [5.74, 6) is 1.53. The van der Waals surface area contributed by atoms with Crippen LogP contribution in [-0.4, -0.2) is 41.7 Å². The summed E-state index contributed by atoms with van der Waals surface area (Å²) in [4.78, 5) is 22.1. The molecule has 0 radical (unpaired) electrons. The monoisotopic (exact) mass is 506 g/mol. The minimum Gasteiger partial charge on any atom is -0.337 e. The molecule has 0 bridgehead atoms. The maximum atomic E-state index is 4.91. The maximum absolute atomic E-state index is 4.91. The van der Waals surface area contributed by atoms with E-state index in [1.165, 1.54) is 31.2 Å². The average molecular weight is 507 g/mol. The van der Waals surface area contributed by atoms with E-state index in [4.69, 9.17) is 4.98 Å². The number of aromatic nitrogens is 7. The fourth-order valence-corrected chi connectivity index (χ4v) is 5.92. The van der Waals surface area contributed by atoms with Gasteiger partial charge in [-0.3, -0.25) is 15.1 Å². The molecule has 0 aliphatic heterocycles. The number of nitrogens with one attached hydrogen (secondary N) is 3. The van der Waals surface area contributed by atoms with Gasteiger partial charge in [-0.1, -0.05) is 12.8 Å². The van der Waals surface area contributed by atoms with E-state index in [-0.39, 0.29) is 0 Å². The molecule has 3 N–H and O–H groups in total. The number of aromatic amines is 2. The average Bonchev–Trinajstić information content (AvgIpc) is 3.74. The van der Waals surface area contributed by atoms with Crippen molar-refractivity contribution in [1.29, 1.82) is 0 Å². The van der Waals surface area contributed by atoms with Gasteiger partial charge in [-0.25, -0.2) is 9.97 Å². The maximum Gasteiger partial charge on any atom is 0.181 e. The van der Waals surface area contributed by atoms with Crippen molar-refractivity contribution in [2.24, 2.45) is 5.92 Å². The van der Waals surface area contributed by atoms with Gasteiger partial charge < -0.3 is 10.3 Å². The van der Waals surface area contributed by atoms with Crippen LogP contribution in [0.4, 0.5) is 0 Å². The second kappa shape index (κ2) is 9.49. The van der Waals surface area contributed by atoms with Gasteiger partial charge in [0.15, 0.2) is 11.5 Å². The van der Waals surface area contributed by atoms with E-state index in [0.29, 0.717) is 11.5 Å². The highest BCUT2D eigenvalue weighted by Crippen LogP contribution is 2.32. The molecule has 1 saturated carbocycles. The highest BCUT2D eigenvalue weighted by Gasteiger charge is 2.17. The van der Waals surface area contributed by atoms with Crippen LogP contribution >= 0.6 is 11.3 Å². The Morgan fingerprint density at radius 2 is 1.92 bits per heavy atom. The van der Waals surface area contributed by atoms with Crippen molar-refractivity contribution in [2.75, 3.05) is 6.54 Å². The molecule has 1 aliphatic carbocycles. The third-order valence-electron chi connectivity index (χ3n) is 7.21. The lowest BCUT2D eigenvalue weighted by atomic mass is 10.1. The van der Waals surface area contributed by atoms with E-state index >= 15 is 0 Å². The Morgan fingerprint density at radius 1 is 1.00 bits per heavy atom. The van der Waals surface area contributed by atoms with Crippen molar-refractivity contribution in [3.05, 3.63) is 65.4 Å². The molecular weight excluding hydrogens is 480 g/mol. The van der Waals surface area contributed by atoms with Crippen LogP contribution in [0.1, 0.15) is 31.2 Å². The van der Waals surface area contributed by atoms with Crippen molar-refractivity contribution in [3.8, 4) is 33.9 Å². The molecule has 0 spiro atoms. The number of H-pyrrole nitrogens is 2. The van der Waals surface area contributed by atoms with Crippen LogP contribution in [0.15, 0.2) is 59.8 Å². The van der Waals surface area contributed by atoms with E-state index in [9.17, 15) is 0 Å². The van der Waals surface area contributed by atoms with Crippen LogP contribution in [0, 0.1) is 5.92 Å². The van der Waals surface area contributed by atoms with Gasteiger partial charge in [-0.15, -0.1) is 0 Å². The number of fused-ring (bicyclic) bond motifs is 2. The molecule has 7 rings (SSSR count). The van der Waals surface area contributed by atoms with Crippen LogP contribution in [0.2, 0.25) is 0 Å². The number of hydrogen-bond acceptors (Lipinski definition) is 7. The summed E-state index contributed by atoms with van der Waals surface area (Å²) in [5, 5.41) is 16.2. The van der Waals surface area contributed by atoms with E-state index in [0.717, 1.165) is 63.5 Å². The minimum atomic E-state index is 0.651. The smallest absolute Gasteiger partial charge is 0.181 e. The molecule has 1 aliphatic rings. The first-order valence-corrected chi connectivity index (χ1v) is 13.6. The number of hydrogen-bond donors (Lipinski definition) is 3. The molecule has 6 aromatic rings. The lowest BCUT2D eigenvalue weighted by Gasteiger charge is -2.11. The van der Waals surface area contributed by atoms with Crippen LogP contribution in [0.25, 0.3) is 56.0 Å². The zero-order chi connectivity index (χ0) is 24.6. The Hall–Kier alpha value is -3.95. The molecule has 184 valence electrons. The quantitative estimate of drug-likeness (QED) is 0.246.